The molecule has 4 fully saturated rings. The van der Waals surface area contributed by atoms with Gasteiger partial charge in [0.25, 0.3) is 5.91 Å². The Morgan fingerprint density at radius 3 is 2.27 bits per heavy atom. The maximum Gasteiger partial charge on any atom is 0.261 e. The number of carbonyl (C=O) groups is 1. The Hall–Kier alpha value is -2.95. The molecule has 33 heavy (non-hydrogen) atoms. The number of rotatable bonds is 4. The highest BCUT2D eigenvalue weighted by atomic mass is 16.2. The Kier molecular flexibility index (Phi) is 4.72. The van der Waals surface area contributed by atoms with Crippen LogP contribution in [0.5, 0.6) is 0 Å². The zero-order valence-corrected chi connectivity index (χ0v) is 19.4. The summed E-state index contributed by atoms with van der Waals surface area (Å²) in [6, 6.07) is 12.0. The third-order valence-electron chi connectivity index (χ3n) is 8.44. The van der Waals surface area contributed by atoms with Crippen LogP contribution in [-0.2, 0) is 12.0 Å². The Morgan fingerprint density at radius 1 is 1.03 bits per heavy atom. The minimum Gasteiger partial charge on any atom is -0.332 e. The van der Waals surface area contributed by atoms with E-state index in [0.717, 1.165) is 29.1 Å². The smallest absolute Gasteiger partial charge is 0.261 e. The summed E-state index contributed by atoms with van der Waals surface area (Å²) in [4.78, 5) is 30.6. The van der Waals surface area contributed by atoms with Gasteiger partial charge in [-0.25, -0.2) is 4.98 Å². The molecule has 1 aromatic carbocycles. The van der Waals surface area contributed by atoms with E-state index in [2.05, 4.69) is 22.4 Å². The molecule has 0 spiro atoms. The topological polar surface area (TPSA) is 64.0 Å². The summed E-state index contributed by atoms with van der Waals surface area (Å²) in [5, 5.41) is 3.43. The van der Waals surface area contributed by atoms with Crippen LogP contribution in [0.4, 0.5) is 5.69 Å². The van der Waals surface area contributed by atoms with Gasteiger partial charge in [-0.3, -0.25) is 9.59 Å². The normalized spacial score (nSPS) is 27.8. The van der Waals surface area contributed by atoms with Crippen LogP contribution in [0.15, 0.2) is 47.4 Å². The molecular weight excluding hydrogens is 410 g/mol. The van der Waals surface area contributed by atoms with E-state index in [1.165, 1.54) is 44.1 Å². The molecule has 1 amide bonds. The maximum absolute atomic E-state index is 13.1. The first kappa shape index (κ1) is 20.6. The summed E-state index contributed by atoms with van der Waals surface area (Å²) in [7, 11) is 0. The van der Waals surface area contributed by atoms with E-state index < -0.39 is 0 Å². The molecule has 0 atom stereocenters. The highest BCUT2D eigenvalue weighted by Gasteiger charge is 2.51. The quantitative estimate of drug-likeness (QED) is 0.586. The molecule has 4 saturated carbocycles. The number of fused-ring (bicyclic) bond motifs is 1. The lowest BCUT2D eigenvalue weighted by atomic mass is 9.48. The molecular formula is C28H31N3O2. The van der Waals surface area contributed by atoms with Crippen LogP contribution in [0.2, 0.25) is 0 Å². The molecule has 1 N–H and O–H groups in total. The van der Waals surface area contributed by atoms with E-state index in [-0.39, 0.29) is 16.9 Å². The molecule has 7 rings (SSSR count). The molecule has 0 radical (unpaired) electrons. The molecule has 5 nitrogen and oxygen atoms in total. The predicted molar refractivity (Wildman–Crippen MR) is 131 cm³/mol. The Morgan fingerprint density at radius 2 is 1.67 bits per heavy atom. The number of aryl methyl sites for hydroxylation is 2. The van der Waals surface area contributed by atoms with Gasteiger partial charge in [0.15, 0.2) is 0 Å². The minimum atomic E-state index is -0.368. The maximum atomic E-state index is 13.1. The molecule has 170 valence electrons. The van der Waals surface area contributed by atoms with Gasteiger partial charge in [0.2, 0.25) is 5.43 Å². The van der Waals surface area contributed by atoms with Crippen LogP contribution in [0.25, 0.3) is 11.0 Å². The van der Waals surface area contributed by atoms with Crippen LogP contribution >= 0.6 is 0 Å². The standard InChI is InChI=1S/C28H31N3O2/c1-3-31-16-24(25(32)23-9-4-17(2)29-26(23)31)27(33)30-22-7-5-21(6-8-22)28-13-18-10-19(14-28)12-20(11-18)15-28/h4-9,16,18-20H,3,10-15H2,1-2H3,(H,30,33). The number of nitrogens with one attached hydrogen (secondary N) is 1. The molecule has 0 aliphatic heterocycles. The molecule has 4 aliphatic carbocycles. The monoisotopic (exact) mass is 441 g/mol. The predicted octanol–water partition coefficient (Wildman–Crippen LogP) is 5.44. The lowest BCUT2D eigenvalue weighted by Crippen LogP contribution is -2.48. The zero-order chi connectivity index (χ0) is 22.7. The van der Waals surface area contributed by atoms with Crippen molar-refractivity contribution in [1.29, 1.82) is 0 Å². The number of nitrogens with zero attached hydrogens (tertiary/aromatic N) is 2. The zero-order valence-electron chi connectivity index (χ0n) is 19.4. The number of aromatic nitrogens is 2. The van der Waals surface area contributed by atoms with Gasteiger partial charge >= 0.3 is 0 Å². The van der Waals surface area contributed by atoms with Gasteiger partial charge in [-0.15, -0.1) is 0 Å². The van der Waals surface area contributed by atoms with E-state index in [0.29, 0.717) is 23.0 Å². The minimum absolute atomic E-state index is 0.153. The van der Waals surface area contributed by atoms with E-state index in [4.69, 9.17) is 0 Å². The highest BCUT2D eigenvalue weighted by Crippen LogP contribution is 2.60. The van der Waals surface area contributed by atoms with Gasteiger partial charge < -0.3 is 9.88 Å². The number of hydrogen-bond acceptors (Lipinski definition) is 3. The van der Waals surface area contributed by atoms with Crippen molar-refractivity contribution in [3.63, 3.8) is 0 Å². The van der Waals surface area contributed by atoms with Crippen molar-refractivity contribution in [2.24, 2.45) is 17.8 Å². The Balaban J connectivity index is 1.27. The second kappa shape index (κ2) is 7.54. The number of pyridine rings is 2. The summed E-state index contributed by atoms with van der Waals surface area (Å²) in [5.74, 6) is 2.35. The first-order chi connectivity index (χ1) is 15.9. The average molecular weight is 442 g/mol. The summed E-state index contributed by atoms with van der Waals surface area (Å²) < 4.78 is 1.87. The Labute approximate surface area is 194 Å². The van der Waals surface area contributed by atoms with Gasteiger partial charge in [0.05, 0.1) is 5.39 Å². The first-order valence-corrected chi connectivity index (χ1v) is 12.4. The van der Waals surface area contributed by atoms with Crippen LogP contribution in [-0.4, -0.2) is 15.5 Å². The number of amides is 1. The van der Waals surface area contributed by atoms with Gasteiger partial charge in [-0.1, -0.05) is 12.1 Å². The van der Waals surface area contributed by atoms with Crippen molar-refractivity contribution in [3.8, 4) is 0 Å². The largest absolute Gasteiger partial charge is 0.332 e. The molecule has 2 aromatic heterocycles. The molecule has 5 heteroatoms. The first-order valence-electron chi connectivity index (χ1n) is 12.4. The van der Waals surface area contributed by atoms with Crippen LogP contribution in [0, 0.1) is 24.7 Å². The molecule has 4 bridgehead atoms. The molecule has 4 aliphatic rings. The number of benzene rings is 1. The fraction of sp³-hybridized carbons (Fsp3) is 0.464. The van der Waals surface area contributed by atoms with E-state index in [9.17, 15) is 9.59 Å². The molecule has 0 unspecified atom stereocenters. The van der Waals surface area contributed by atoms with Gasteiger partial charge in [-0.2, -0.15) is 0 Å². The fourth-order valence-corrected chi connectivity index (χ4v) is 7.33. The Bertz CT molecular complexity index is 1270. The highest BCUT2D eigenvalue weighted by molar-refractivity contribution is 6.05. The van der Waals surface area contributed by atoms with Crippen molar-refractivity contribution in [2.45, 2.75) is 64.3 Å². The number of carbonyl (C=O) groups excluding carboxylic acids is 1. The molecule has 0 saturated heterocycles. The van der Waals surface area contributed by atoms with Gasteiger partial charge in [-0.05, 0) is 105 Å². The fourth-order valence-electron chi connectivity index (χ4n) is 7.33. The average Bonchev–Trinajstić information content (AvgIpc) is 2.79. The van der Waals surface area contributed by atoms with Crippen molar-refractivity contribution < 1.29 is 4.79 Å². The summed E-state index contributed by atoms with van der Waals surface area (Å²) in [5.41, 5.74) is 3.86. The van der Waals surface area contributed by atoms with Crippen LogP contribution in [0.3, 0.4) is 0 Å². The molecule has 2 heterocycles. The second-order valence-corrected chi connectivity index (χ2v) is 10.7. The lowest BCUT2D eigenvalue weighted by Gasteiger charge is -2.57. The van der Waals surface area contributed by atoms with E-state index in [1.54, 1.807) is 12.3 Å². The summed E-state index contributed by atoms with van der Waals surface area (Å²) in [6.07, 6.45) is 9.91. The molecule has 3 aromatic rings. The third kappa shape index (κ3) is 3.40. The number of hydrogen-bond donors (Lipinski definition) is 1. The van der Waals surface area contributed by atoms with Gasteiger partial charge in [0, 0.05) is 24.1 Å². The van der Waals surface area contributed by atoms with Crippen LogP contribution < -0.4 is 10.7 Å². The summed E-state index contributed by atoms with van der Waals surface area (Å²) >= 11 is 0. The van der Waals surface area contributed by atoms with E-state index in [1.807, 2.05) is 36.6 Å². The van der Waals surface area contributed by atoms with Crippen molar-refractivity contribution in [2.75, 3.05) is 5.32 Å². The van der Waals surface area contributed by atoms with Crippen molar-refractivity contribution >= 4 is 22.6 Å². The SMILES string of the molecule is CCn1cc(C(=O)Nc2ccc(C34CC5CC(CC(C5)C3)C4)cc2)c(=O)c2ccc(C)nc21. The van der Waals surface area contributed by atoms with Gasteiger partial charge in [0.1, 0.15) is 11.2 Å². The second-order valence-electron chi connectivity index (χ2n) is 10.7. The van der Waals surface area contributed by atoms with E-state index >= 15 is 0 Å². The summed E-state index contributed by atoms with van der Waals surface area (Å²) in [6.45, 7) is 4.52. The third-order valence-corrected chi connectivity index (χ3v) is 8.44. The lowest BCUT2D eigenvalue weighted by molar-refractivity contribution is -0.00518. The van der Waals surface area contributed by atoms with Crippen LogP contribution in [0.1, 0.15) is 67.1 Å². The van der Waals surface area contributed by atoms with Crippen molar-refractivity contribution in [1.82, 2.24) is 9.55 Å². The number of anilines is 1. The van der Waals surface area contributed by atoms with Crippen molar-refractivity contribution in [3.05, 3.63) is 69.6 Å².